The van der Waals surface area contributed by atoms with E-state index in [1.165, 1.54) is 30.3 Å². The number of nitrogens with zero attached hydrogens (tertiary/aromatic N) is 2. The number of carbonyl (C=O) groups is 2. The molecule has 126 valence electrons. The maximum absolute atomic E-state index is 12.0. The summed E-state index contributed by atoms with van der Waals surface area (Å²) in [6.07, 6.45) is 1.46. The monoisotopic (exact) mass is 522 g/mol. The number of hydrogen-bond donors (Lipinski definition) is 0. The molecule has 1 aromatic rings. The van der Waals surface area contributed by atoms with Crippen molar-refractivity contribution in [2.75, 3.05) is 0 Å². The Kier molecular flexibility index (Phi) is 5.71. The number of nitro benzene ring substituents is 1. The second kappa shape index (κ2) is 7.24. The molecular formula is C14H9Br3N2O5. The molecular weight excluding hydrogens is 516 g/mol. The Balaban J connectivity index is 2.21. The molecule has 0 aromatic heterocycles. The van der Waals surface area contributed by atoms with Gasteiger partial charge in [0, 0.05) is 12.1 Å². The van der Waals surface area contributed by atoms with Gasteiger partial charge in [-0.3, -0.25) is 14.9 Å². The molecule has 7 nitrogen and oxygen atoms in total. The second-order valence-electron chi connectivity index (χ2n) is 4.95. The molecule has 24 heavy (non-hydrogen) atoms. The molecule has 1 aromatic carbocycles. The fourth-order valence-corrected chi connectivity index (χ4v) is 3.44. The number of nitro groups is 1. The maximum atomic E-state index is 12.0. The lowest BCUT2D eigenvalue weighted by Crippen LogP contribution is -2.45. The van der Waals surface area contributed by atoms with Gasteiger partial charge in [0.1, 0.15) is 0 Å². The van der Waals surface area contributed by atoms with Crippen molar-refractivity contribution in [1.29, 1.82) is 0 Å². The van der Waals surface area contributed by atoms with Crippen LogP contribution in [0.2, 0.25) is 0 Å². The fourth-order valence-electron chi connectivity index (χ4n) is 1.81. The highest BCUT2D eigenvalue weighted by atomic mass is 79.9. The van der Waals surface area contributed by atoms with Crippen molar-refractivity contribution in [3.8, 4) is 0 Å². The van der Waals surface area contributed by atoms with Gasteiger partial charge in [-0.05, 0) is 41.1 Å². The lowest BCUT2D eigenvalue weighted by atomic mass is 9.93. The number of alkyl halides is 2. The highest BCUT2D eigenvalue weighted by molar-refractivity contribution is 9.13. The molecule has 0 bridgehead atoms. The first-order valence-corrected chi connectivity index (χ1v) is 8.93. The summed E-state index contributed by atoms with van der Waals surface area (Å²) in [5, 5.41) is 14.4. The van der Waals surface area contributed by atoms with Crippen LogP contribution < -0.4 is 0 Å². The summed E-state index contributed by atoms with van der Waals surface area (Å²) in [5.74, 6) is -0.941. The zero-order valence-electron chi connectivity index (χ0n) is 12.0. The molecule has 1 aliphatic rings. The van der Waals surface area contributed by atoms with E-state index in [2.05, 4.69) is 52.9 Å². The molecule has 0 spiro atoms. The van der Waals surface area contributed by atoms with Crippen molar-refractivity contribution in [2.45, 2.75) is 16.1 Å². The predicted octanol–water partition coefficient (Wildman–Crippen LogP) is 3.89. The first-order chi connectivity index (χ1) is 11.1. The van der Waals surface area contributed by atoms with E-state index in [1.54, 1.807) is 6.92 Å². The molecule has 0 N–H and O–H groups in total. The van der Waals surface area contributed by atoms with Crippen LogP contribution in [0, 0.1) is 10.1 Å². The van der Waals surface area contributed by atoms with Crippen LogP contribution in [-0.2, 0) is 9.63 Å². The zero-order chi connectivity index (χ0) is 18.1. The highest BCUT2D eigenvalue weighted by Crippen LogP contribution is 2.37. The van der Waals surface area contributed by atoms with Gasteiger partial charge in [0.25, 0.3) is 5.69 Å². The molecule has 0 saturated carbocycles. The Labute approximate surface area is 161 Å². The summed E-state index contributed by atoms with van der Waals surface area (Å²) in [7, 11) is 0. The number of rotatable bonds is 3. The standard InChI is InChI=1S/C14H9Br3N2O5/c1-14(17)10(6-9(15)11(20)12(14)16)18-24-13(21)7-2-4-8(5-3-7)19(22)23/h2-6,12H,1H3. The van der Waals surface area contributed by atoms with Crippen molar-refractivity contribution in [3.63, 3.8) is 0 Å². The maximum Gasteiger partial charge on any atom is 0.365 e. The molecule has 2 unspecified atom stereocenters. The minimum Gasteiger partial charge on any atom is -0.312 e. The van der Waals surface area contributed by atoms with Gasteiger partial charge in [0.2, 0.25) is 0 Å². The van der Waals surface area contributed by atoms with Crippen LogP contribution in [0.4, 0.5) is 5.69 Å². The average molecular weight is 525 g/mol. The SMILES string of the molecule is CC1(Br)C(=NOC(=O)c2ccc([N+](=O)[O-])cc2)C=C(Br)C(=O)C1Br. The molecule has 0 aliphatic heterocycles. The molecule has 0 heterocycles. The van der Waals surface area contributed by atoms with Gasteiger partial charge in [-0.15, -0.1) is 0 Å². The molecule has 0 amide bonds. The van der Waals surface area contributed by atoms with Crippen LogP contribution in [0.15, 0.2) is 40.0 Å². The van der Waals surface area contributed by atoms with Gasteiger partial charge in [-0.25, -0.2) is 4.79 Å². The third kappa shape index (κ3) is 3.81. The molecule has 2 rings (SSSR count). The largest absolute Gasteiger partial charge is 0.365 e. The summed E-state index contributed by atoms with van der Waals surface area (Å²) < 4.78 is -0.566. The number of carbonyl (C=O) groups excluding carboxylic acids is 2. The first kappa shape index (κ1) is 18.9. The van der Waals surface area contributed by atoms with Crippen molar-refractivity contribution < 1.29 is 19.3 Å². The van der Waals surface area contributed by atoms with E-state index in [1.807, 2.05) is 0 Å². The van der Waals surface area contributed by atoms with Crippen LogP contribution in [0.3, 0.4) is 0 Å². The molecule has 0 fully saturated rings. The Morgan fingerprint density at radius 2 is 1.96 bits per heavy atom. The highest BCUT2D eigenvalue weighted by Gasteiger charge is 2.44. The zero-order valence-corrected chi connectivity index (χ0v) is 16.8. The van der Waals surface area contributed by atoms with Gasteiger partial charge in [0.15, 0.2) is 5.78 Å². The van der Waals surface area contributed by atoms with E-state index in [0.717, 1.165) is 0 Å². The Morgan fingerprint density at radius 1 is 1.38 bits per heavy atom. The van der Waals surface area contributed by atoms with Crippen molar-refractivity contribution in [3.05, 3.63) is 50.5 Å². The number of benzene rings is 1. The number of allylic oxidation sites excluding steroid dienone is 2. The van der Waals surface area contributed by atoms with E-state index in [-0.39, 0.29) is 17.0 Å². The molecule has 10 heteroatoms. The van der Waals surface area contributed by atoms with Gasteiger partial charge in [-0.1, -0.05) is 37.0 Å². The van der Waals surface area contributed by atoms with E-state index in [0.29, 0.717) is 10.2 Å². The van der Waals surface area contributed by atoms with Crippen LogP contribution in [0.25, 0.3) is 0 Å². The van der Waals surface area contributed by atoms with E-state index < -0.39 is 20.0 Å². The van der Waals surface area contributed by atoms with Crippen molar-refractivity contribution in [1.82, 2.24) is 0 Å². The Hall–Kier alpha value is -1.39. The van der Waals surface area contributed by atoms with Crippen LogP contribution >= 0.6 is 47.8 Å². The lowest BCUT2D eigenvalue weighted by molar-refractivity contribution is -0.384. The Bertz CT molecular complexity index is 771. The third-order valence-corrected chi connectivity index (χ3v) is 6.68. The van der Waals surface area contributed by atoms with Crippen LogP contribution in [-0.4, -0.2) is 31.5 Å². The number of Topliss-reactive ketones (excluding diaryl/α,β-unsaturated/α-hetero) is 1. The Morgan fingerprint density at radius 3 is 2.50 bits per heavy atom. The van der Waals surface area contributed by atoms with Gasteiger partial charge in [0.05, 0.1) is 29.8 Å². The second-order valence-corrected chi connectivity index (χ2v) is 8.37. The van der Waals surface area contributed by atoms with Gasteiger partial charge in [-0.2, -0.15) is 0 Å². The normalized spacial score (nSPS) is 25.3. The third-order valence-electron chi connectivity index (χ3n) is 3.25. The van der Waals surface area contributed by atoms with E-state index >= 15 is 0 Å². The van der Waals surface area contributed by atoms with Crippen molar-refractivity contribution in [2.24, 2.45) is 5.16 Å². The number of ketones is 1. The summed E-state index contributed by atoms with van der Waals surface area (Å²) in [6, 6.07) is 4.94. The summed E-state index contributed by atoms with van der Waals surface area (Å²) in [6.45, 7) is 1.71. The quantitative estimate of drug-likeness (QED) is 0.258. The number of non-ortho nitro benzene ring substituents is 1. The first-order valence-electron chi connectivity index (χ1n) is 6.43. The number of oxime groups is 1. The molecule has 2 atom stereocenters. The molecule has 1 aliphatic carbocycles. The van der Waals surface area contributed by atoms with Crippen molar-refractivity contribution >= 4 is 70.9 Å². The topological polar surface area (TPSA) is 98.9 Å². The fraction of sp³-hybridized carbons (Fsp3) is 0.214. The summed E-state index contributed by atoms with van der Waals surface area (Å²) >= 11 is 9.81. The minimum atomic E-state index is -0.864. The number of halogens is 3. The molecule has 0 saturated heterocycles. The van der Waals surface area contributed by atoms with E-state index in [9.17, 15) is 19.7 Å². The number of hydrogen-bond acceptors (Lipinski definition) is 6. The van der Waals surface area contributed by atoms with Crippen LogP contribution in [0.1, 0.15) is 17.3 Å². The lowest BCUT2D eigenvalue weighted by Gasteiger charge is -2.30. The van der Waals surface area contributed by atoms with Gasteiger partial charge >= 0.3 is 5.97 Å². The minimum absolute atomic E-state index is 0.117. The molecule has 0 radical (unpaired) electrons. The van der Waals surface area contributed by atoms with Gasteiger partial charge < -0.3 is 4.84 Å². The summed E-state index contributed by atoms with van der Waals surface area (Å²) in [5.41, 5.74) is 0.309. The summed E-state index contributed by atoms with van der Waals surface area (Å²) in [4.78, 5) is 38.2. The van der Waals surface area contributed by atoms with E-state index in [4.69, 9.17) is 4.84 Å². The smallest absolute Gasteiger partial charge is 0.312 e. The predicted molar refractivity (Wildman–Crippen MR) is 98.0 cm³/mol. The van der Waals surface area contributed by atoms with Crippen LogP contribution in [0.5, 0.6) is 0 Å². The average Bonchev–Trinajstić information content (AvgIpc) is 2.55.